The van der Waals surface area contributed by atoms with Crippen molar-refractivity contribution in [2.24, 2.45) is 17.6 Å². The Bertz CT molecular complexity index is 1590. The summed E-state index contributed by atoms with van der Waals surface area (Å²) in [5, 5.41) is 49.0. The van der Waals surface area contributed by atoms with Gasteiger partial charge in [0.1, 0.15) is 22.8 Å². The predicted molar refractivity (Wildman–Crippen MR) is 160 cm³/mol. The van der Waals surface area contributed by atoms with Crippen molar-refractivity contribution in [1.82, 2.24) is 10.2 Å². The zero-order valence-corrected chi connectivity index (χ0v) is 24.9. The van der Waals surface area contributed by atoms with E-state index in [9.17, 15) is 34.8 Å². The molecule has 3 aliphatic rings. The number of aromatic hydroxyl groups is 1. The van der Waals surface area contributed by atoms with Crippen LogP contribution in [-0.4, -0.2) is 82.6 Å². The van der Waals surface area contributed by atoms with Gasteiger partial charge in [-0.3, -0.25) is 19.3 Å². The number of phenols is 1. The van der Waals surface area contributed by atoms with Crippen LogP contribution in [0.3, 0.4) is 0 Å². The third kappa shape index (κ3) is 4.68. The number of aryl methyl sites for hydroxylation is 1. The summed E-state index contributed by atoms with van der Waals surface area (Å²) < 4.78 is 0. The topological polar surface area (TPSA) is 177 Å². The molecule has 0 saturated heterocycles. The number of hydrogen-bond acceptors (Lipinski definition) is 10. The van der Waals surface area contributed by atoms with Gasteiger partial charge in [0.05, 0.1) is 11.6 Å². The first kappa shape index (κ1) is 30.3. The van der Waals surface area contributed by atoms with E-state index in [1.807, 2.05) is 56.3 Å². The van der Waals surface area contributed by atoms with Crippen molar-refractivity contribution in [1.29, 1.82) is 0 Å². The van der Waals surface area contributed by atoms with Gasteiger partial charge in [-0.2, -0.15) is 0 Å². The normalized spacial score (nSPS) is 25.0. The minimum Gasteiger partial charge on any atom is -0.510 e. The van der Waals surface area contributed by atoms with Crippen molar-refractivity contribution in [3.05, 3.63) is 80.8 Å². The Hall–Kier alpha value is -4.19. The van der Waals surface area contributed by atoms with Crippen LogP contribution in [0, 0.1) is 18.8 Å². The molecular formula is C32H38N4O7. The summed E-state index contributed by atoms with van der Waals surface area (Å²) in [6.07, 6.45) is 0.270. The molecule has 4 unspecified atom stereocenters. The average molecular weight is 591 g/mol. The van der Waals surface area contributed by atoms with Crippen molar-refractivity contribution in [2.75, 3.05) is 33.1 Å². The molecule has 0 radical (unpaired) electrons. The van der Waals surface area contributed by atoms with Gasteiger partial charge in [-0.15, -0.1) is 0 Å². The second-order valence-electron chi connectivity index (χ2n) is 12.2. The van der Waals surface area contributed by atoms with E-state index in [-0.39, 0.29) is 36.3 Å². The van der Waals surface area contributed by atoms with Crippen LogP contribution in [-0.2, 0) is 29.1 Å². The second-order valence-corrected chi connectivity index (χ2v) is 12.2. The van der Waals surface area contributed by atoms with Crippen LogP contribution in [0.25, 0.3) is 0 Å². The number of rotatable bonds is 7. The minimum atomic E-state index is -2.67. The number of amides is 1. The van der Waals surface area contributed by atoms with Gasteiger partial charge in [-0.25, -0.2) is 0 Å². The number of hydrogen-bond donors (Lipinski definition) is 6. The summed E-state index contributed by atoms with van der Waals surface area (Å²) in [6, 6.07) is 8.83. The van der Waals surface area contributed by atoms with Crippen molar-refractivity contribution in [3.8, 4) is 5.75 Å². The standard InChI is InChI=1S/C32H38N4O7/c1-15-6-8-16(9-7-15)13-34-14-18-12-21(35(2)3)19-10-17-11-20-25(36(4)5)28(39)24(31(33)42)30(41)32(20,43)29(40)22(17)27(38)23(19)26(18)37/h6-9,12,17,20,25,34,37,39-40,43H,10-11,13-14H2,1-5H3,(H2,33,42). The summed E-state index contributed by atoms with van der Waals surface area (Å²) in [4.78, 5) is 43.2. The van der Waals surface area contributed by atoms with E-state index >= 15 is 0 Å². The number of Topliss-reactive ketones (excluding diaryl/α,β-unsaturated/α-hetero) is 2. The Morgan fingerprint density at radius 2 is 1.72 bits per heavy atom. The second kappa shape index (κ2) is 10.8. The van der Waals surface area contributed by atoms with E-state index in [0.29, 0.717) is 17.7 Å². The first-order chi connectivity index (χ1) is 20.2. The fourth-order valence-electron chi connectivity index (χ4n) is 6.93. The highest BCUT2D eigenvalue weighted by atomic mass is 16.3. The Labute approximate surface area is 249 Å². The molecule has 0 fully saturated rings. The van der Waals surface area contributed by atoms with E-state index < -0.39 is 58.0 Å². The largest absolute Gasteiger partial charge is 0.510 e. The highest BCUT2D eigenvalue weighted by Gasteiger charge is 2.63. The number of carbonyl (C=O) groups is 3. The van der Waals surface area contributed by atoms with Crippen LogP contribution < -0.4 is 16.0 Å². The highest BCUT2D eigenvalue weighted by Crippen LogP contribution is 2.53. The number of anilines is 1. The predicted octanol–water partition coefficient (Wildman–Crippen LogP) is 1.78. The van der Waals surface area contributed by atoms with Crippen LogP contribution in [0.2, 0.25) is 0 Å². The zero-order valence-electron chi connectivity index (χ0n) is 24.9. The lowest BCUT2D eigenvalue weighted by Crippen LogP contribution is -2.63. The third-order valence-electron chi connectivity index (χ3n) is 9.02. The number of likely N-dealkylation sites (N-methyl/N-ethyl adjacent to an activating group) is 1. The Morgan fingerprint density at radius 1 is 1.07 bits per heavy atom. The van der Waals surface area contributed by atoms with Crippen molar-refractivity contribution >= 4 is 23.2 Å². The molecule has 0 heterocycles. The molecule has 0 saturated carbocycles. The fraction of sp³-hybridized carbons (Fsp3) is 0.406. The summed E-state index contributed by atoms with van der Waals surface area (Å²) in [5.41, 5.74) is 5.71. The quantitative estimate of drug-likeness (QED) is 0.261. The molecule has 0 spiro atoms. The van der Waals surface area contributed by atoms with Crippen LogP contribution in [0.4, 0.5) is 5.69 Å². The molecule has 228 valence electrons. The molecule has 7 N–H and O–H groups in total. The number of phenolic OH excluding ortho intramolecular Hbond substituents is 1. The molecule has 11 heteroatoms. The number of ketones is 2. The van der Waals surface area contributed by atoms with Crippen molar-refractivity contribution < 1.29 is 34.8 Å². The number of aliphatic hydroxyl groups is 3. The SMILES string of the molecule is Cc1ccc(CNCc2cc(N(C)C)c3c(c2O)C(=O)C2=C(O)C4(O)C(=O)C(C(N)=O)=C(O)C(N(C)C)C4CC2C3)cc1. The monoisotopic (exact) mass is 590 g/mol. The summed E-state index contributed by atoms with van der Waals surface area (Å²) >= 11 is 0. The number of nitrogens with zero attached hydrogens (tertiary/aromatic N) is 2. The van der Waals surface area contributed by atoms with Gasteiger partial charge in [0.25, 0.3) is 5.91 Å². The van der Waals surface area contributed by atoms with Gasteiger partial charge in [0.2, 0.25) is 5.78 Å². The molecule has 11 nitrogen and oxygen atoms in total. The van der Waals surface area contributed by atoms with Crippen LogP contribution >= 0.6 is 0 Å². The smallest absolute Gasteiger partial charge is 0.255 e. The van der Waals surface area contributed by atoms with Crippen molar-refractivity contribution in [2.45, 2.75) is 44.5 Å². The lowest BCUT2D eigenvalue weighted by molar-refractivity contribution is -0.148. The number of primary amides is 1. The van der Waals surface area contributed by atoms with E-state index in [4.69, 9.17) is 5.73 Å². The molecule has 0 aromatic heterocycles. The number of nitrogens with two attached hydrogens (primary N) is 1. The molecule has 0 aliphatic heterocycles. The molecule has 2 aromatic carbocycles. The lowest BCUT2D eigenvalue weighted by atomic mass is 9.58. The molecule has 0 bridgehead atoms. The number of benzene rings is 2. The molecule has 4 atom stereocenters. The first-order valence-corrected chi connectivity index (χ1v) is 14.2. The zero-order chi connectivity index (χ0) is 31.5. The molecule has 43 heavy (non-hydrogen) atoms. The number of allylic oxidation sites excluding steroid dienone is 1. The van der Waals surface area contributed by atoms with E-state index in [1.165, 1.54) is 4.90 Å². The van der Waals surface area contributed by atoms with Gasteiger partial charge in [-0.1, -0.05) is 29.8 Å². The van der Waals surface area contributed by atoms with Gasteiger partial charge >= 0.3 is 0 Å². The Kier molecular flexibility index (Phi) is 7.62. The van der Waals surface area contributed by atoms with Gasteiger partial charge < -0.3 is 36.4 Å². The van der Waals surface area contributed by atoms with Crippen molar-refractivity contribution in [3.63, 3.8) is 0 Å². The first-order valence-electron chi connectivity index (χ1n) is 14.2. The summed E-state index contributed by atoms with van der Waals surface area (Å²) in [5.74, 6) is -6.62. The maximum Gasteiger partial charge on any atom is 0.255 e. The Balaban J connectivity index is 1.59. The van der Waals surface area contributed by atoms with Crippen LogP contribution in [0.1, 0.15) is 39.0 Å². The van der Waals surface area contributed by atoms with Gasteiger partial charge in [0, 0.05) is 49.9 Å². The highest BCUT2D eigenvalue weighted by molar-refractivity contribution is 6.25. The lowest BCUT2D eigenvalue weighted by Gasteiger charge is -2.50. The maximum atomic E-state index is 14.2. The van der Waals surface area contributed by atoms with Gasteiger partial charge in [-0.05, 0) is 57.0 Å². The summed E-state index contributed by atoms with van der Waals surface area (Å²) in [6.45, 7) is 2.78. The molecule has 5 rings (SSSR count). The number of carbonyl (C=O) groups excluding carboxylic acids is 3. The molecular weight excluding hydrogens is 552 g/mol. The van der Waals surface area contributed by atoms with E-state index in [2.05, 4.69) is 5.32 Å². The van der Waals surface area contributed by atoms with Crippen LogP contribution in [0.5, 0.6) is 5.75 Å². The minimum absolute atomic E-state index is 0.000817. The maximum absolute atomic E-state index is 14.2. The van der Waals surface area contributed by atoms with E-state index in [0.717, 1.165) is 16.8 Å². The Morgan fingerprint density at radius 3 is 2.30 bits per heavy atom. The van der Waals surface area contributed by atoms with E-state index in [1.54, 1.807) is 14.1 Å². The molecule has 3 aliphatic carbocycles. The molecule has 1 amide bonds. The summed E-state index contributed by atoms with van der Waals surface area (Å²) in [7, 11) is 6.87. The molecule has 2 aromatic rings. The number of fused-ring (bicyclic) bond motifs is 3. The van der Waals surface area contributed by atoms with Gasteiger partial charge in [0.15, 0.2) is 11.4 Å². The fourth-order valence-corrected chi connectivity index (χ4v) is 6.93. The average Bonchev–Trinajstić information content (AvgIpc) is 2.92. The number of aliphatic hydroxyl groups excluding tert-OH is 2. The van der Waals surface area contributed by atoms with Crippen LogP contribution in [0.15, 0.2) is 53.0 Å². The number of nitrogens with one attached hydrogen (secondary N) is 1. The third-order valence-corrected chi connectivity index (χ3v) is 9.02.